The molecule has 0 unspecified atom stereocenters. The number of H-pyrrole nitrogens is 1. The Morgan fingerprint density at radius 3 is 2.46 bits per heavy atom. The number of morpholine rings is 1. The highest BCUT2D eigenvalue weighted by molar-refractivity contribution is 7.90. The fourth-order valence-corrected chi connectivity index (χ4v) is 13.5. The van der Waals surface area contributed by atoms with Gasteiger partial charge in [-0.1, -0.05) is 38.1 Å². The number of aliphatic hydroxyl groups is 1. The molecule has 1 spiro atoms. The van der Waals surface area contributed by atoms with Gasteiger partial charge in [-0.25, -0.2) is 18.1 Å². The van der Waals surface area contributed by atoms with Gasteiger partial charge in [0.2, 0.25) is 0 Å². The van der Waals surface area contributed by atoms with E-state index in [9.17, 15) is 28.4 Å². The van der Waals surface area contributed by atoms with Crippen LogP contribution in [-0.4, -0.2) is 109 Å². The molecule has 18 heteroatoms. The van der Waals surface area contributed by atoms with Gasteiger partial charge in [-0.15, -0.1) is 0 Å². The molecule has 4 N–H and O–H groups in total. The predicted molar refractivity (Wildman–Crippen MR) is 275 cm³/mol. The van der Waals surface area contributed by atoms with E-state index >= 15 is 0 Å². The zero-order chi connectivity index (χ0) is 49.9. The molecule has 6 aliphatic rings. The Hall–Kier alpha value is -5.95. The van der Waals surface area contributed by atoms with Crippen LogP contribution in [0.25, 0.3) is 11.0 Å². The number of carbonyl (C=O) groups is 1. The number of benzene rings is 3. The summed E-state index contributed by atoms with van der Waals surface area (Å²) in [6.45, 7) is 11.5. The van der Waals surface area contributed by atoms with Gasteiger partial charge in [0.1, 0.15) is 18.0 Å². The number of hydrogen-bond acceptors (Lipinski definition) is 14. The normalized spacial score (nSPS) is 24.7. The third-order valence-electron chi connectivity index (χ3n) is 16.7. The van der Waals surface area contributed by atoms with E-state index in [1.54, 1.807) is 12.3 Å². The maximum Gasteiger partial charge on any atom is 0.297 e. The van der Waals surface area contributed by atoms with Crippen LogP contribution in [0.4, 0.5) is 22.9 Å². The number of likely N-dealkylation sites (tertiary alicyclic amines) is 1. The fourth-order valence-electron chi connectivity index (χ4n) is 12.5. The highest BCUT2D eigenvalue weighted by Gasteiger charge is 2.50. The Kier molecular flexibility index (Phi) is 12.9. The number of anilines is 3. The molecule has 3 aromatic carbocycles. The largest absolute Gasteiger partial charge is 0.489 e. The van der Waals surface area contributed by atoms with Crippen LogP contribution in [0.15, 0.2) is 77.8 Å². The van der Waals surface area contributed by atoms with Crippen molar-refractivity contribution in [2.24, 2.45) is 11.3 Å². The van der Waals surface area contributed by atoms with Crippen molar-refractivity contribution in [1.82, 2.24) is 19.6 Å². The minimum atomic E-state index is -4.70. The number of sulfonamides is 1. The number of aromatic amines is 1. The van der Waals surface area contributed by atoms with E-state index in [0.717, 1.165) is 49.6 Å². The summed E-state index contributed by atoms with van der Waals surface area (Å²) in [5, 5.41) is 27.1. The molecule has 5 fully saturated rings. The van der Waals surface area contributed by atoms with Crippen LogP contribution in [0.5, 0.6) is 17.2 Å². The molecule has 72 heavy (non-hydrogen) atoms. The number of carbonyl (C=O) groups excluding carboxylic acids is 1. The SMILES string of the molecule is CC(C)c1ccccc1[C@@H]1CCCN1C1CC2(CCN(c3ccc(C(=O)NS(=O)(=O)c4cc5c(c([N+](=O)[O-])c4)N[C@@H]([C@H]4CC[C@](C)(O)CC4)CO5)c(Oc4cc5cc[nH]c5nc4N4CCOCC4)c3)CC2)C1. The van der Waals surface area contributed by atoms with Gasteiger partial charge in [-0.2, -0.15) is 0 Å². The number of nitro groups is 1. The van der Waals surface area contributed by atoms with E-state index < -0.39 is 37.0 Å². The Morgan fingerprint density at radius 2 is 1.71 bits per heavy atom. The quantitative estimate of drug-likeness (QED) is 0.0680. The van der Waals surface area contributed by atoms with Gasteiger partial charge in [0.25, 0.3) is 21.6 Å². The number of ether oxygens (including phenoxy) is 3. The number of amides is 1. The molecule has 382 valence electrons. The lowest BCUT2D eigenvalue weighted by molar-refractivity contribution is -0.384. The molecular weight excluding hydrogens is 937 g/mol. The van der Waals surface area contributed by atoms with Gasteiger partial charge in [-0.3, -0.25) is 19.8 Å². The first-order valence-corrected chi connectivity index (χ1v) is 27.3. The minimum Gasteiger partial charge on any atom is -0.489 e. The monoisotopic (exact) mass is 1000 g/mol. The maximum absolute atomic E-state index is 14.5. The lowest BCUT2D eigenvalue weighted by Gasteiger charge is -2.56. The van der Waals surface area contributed by atoms with Crippen LogP contribution < -0.4 is 29.3 Å². The summed E-state index contributed by atoms with van der Waals surface area (Å²) in [7, 11) is -4.70. The first-order chi connectivity index (χ1) is 34.6. The van der Waals surface area contributed by atoms with Crippen molar-refractivity contribution in [3.05, 3.63) is 99.7 Å². The van der Waals surface area contributed by atoms with E-state index in [-0.39, 0.29) is 46.7 Å². The second kappa shape index (κ2) is 19.1. The number of aromatic nitrogens is 2. The fraction of sp³-hybridized carbons (Fsp3) is 0.519. The summed E-state index contributed by atoms with van der Waals surface area (Å²) < 4.78 is 49.1. The van der Waals surface area contributed by atoms with Crippen molar-refractivity contribution in [1.29, 1.82) is 0 Å². The summed E-state index contributed by atoms with van der Waals surface area (Å²) in [6.07, 6.45) is 11.3. The van der Waals surface area contributed by atoms with E-state index in [1.807, 2.05) is 31.2 Å². The number of nitrogens with zero attached hydrogens (tertiary/aromatic N) is 5. The standard InChI is InChI=1S/C54H66N8O9S/c1-34(2)40-7-4-5-8-41(40)44-9-6-20-61(44)38-31-54(32-38)17-21-59(22-18-54)37-10-11-42(46(28-37)71-48-27-36-14-19-55-50(36)57-51(48)60-23-25-69-26-24-60)52(63)58-72(67,68)39-29-45(62(65)66)49-47(30-39)70-33-43(56-49)35-12-15-53(3,64)16-13-35/h4-5,7-8,10-11,14,19,27-30,34-35,38,43-44,56,64H,6,9,12-13,15-18,20-26,31-33H2,1-3H3,(H,55,57)(H,58,63)/t35-,43-,44+,53-/m1/s1. The molecule has 2 atom stereocenters. The second-order valence-corrected chi connectivity index (χ2v) is 23.4. The molecule has 0 bridgehead atoms. The van der Waals surface area contributed by atoms with Crippen LogP contribution in [0.3, 0.4) is 0 Å². The third-order valence-corrected chi connectivity index (χ3v) is 18.0. The van der Waals surface area contributed by atoms with Crippen molar-refractivity contribution in [2.45, 2.75) is 120 Å². The van der Waals surface area contributed by atoms with Gasteiger partial charge in [0, 0.05) is 73.7 Å². The molecular formula is C54H66N8O9S. The first-order valence-electron chi connectivity index (χ1n) is 25.9. The van der Waals surface area contributed by atoms with E-state index in [2.05, 4.69) is 67.8 Å². The second-order valence-electron chi connectivity index (χ2n) is 21.7. The lowest BCUT2D eigenvalue weighted by atomic mass is 9.59. The highest BCUT2D eigenvalue weighted by atomic mass is 32.2. The Morgan fingerprint density at radius 1 is 0.944 bits per heavy atom. The Bertz CT molecular complexity index is 2960. The van der Waals surface area contributed by atoms with E-state index in [1.165, 1.54) is 42.9 Å². The average Bonchev–Trinajstić information content (AvgIpc) is 4.05. The first kappa shape index (κ1) is 48.3. The predicted octanol–water partition coefficient (Wildman–Crippen LogP) is 9.04. The molecule has 0 radical (unpaired) electrons. The smallest absolute Gasteiger partial charge is 0.297 e. The zero-order valence-electron chi connectivity index (χ0n) is 41.4. The third kappa shape index (κ3) is 9.46. The van der Waals surface area contributed by atoms with Gasteiger partial charge < -0.3 is 39.4 Å². The lowest BCUT2D eigenvalue weighted by Crippen LogP contribution is -2.54. The molecule has 1 amide bonds. The number of piperidine rings is 1. The van der Waals surface area contributed by atoms with Crippen LogP contribution in [0, 0.1) is 21.4 Å². The number of rotatable bonds is 12. The maximum atomic E-state index is 14.5. The van der Waals surface area contributed by atoms with Crippen molar-refractivity contribution in [3.8, 4) is 17.2 Å². The van der Waals surface area contributed by atoms with E-state index in [0.29, 0.717) is 87.2 Å². The summed E-state index contributed by atoms with van der Waals surface area (Å²) in [4.78, 5) is 41.1. The topological polar surface area (TPSA) is 205 Å². The molecule has 6 heterocycles. The highest BCUT2D eigenvalue weighted by Crippen LogP contribution is 2.54. The number of nitrogens with one attached hydrogen (secondary N) is 3. The van der Waals surface area contributed by atoms with Crippen molar-refractivity contribution < 1.29 is 37.5 Å². The molecule has 2 saturated carbocycles. The molecule has 3 saturated heterocycles. The van der Waals surface area contributed by atoms with Gasteiger partial charge in [0.05, 0.1) is 40.2 Å². The van der Waals surface area contributed by atoms with Crippen LogP contribution in [-0.2, 0) is 14.8 Å². The minimum absolute atomic E-state index is 0.00105. The molecule has 17 nitrogen and oxygen atoms in total. The summed E-state index contributed by atoms with van der Waals surface area (Å²) in [5.74, 6) is 0.691. The van der Waals surface area contributed by atoms with Crippen molar-refractivity contribution >= 4 is 49.8 Å². The number of pyridine rings is 1. The summed E-state index contributed by atoms with van der Waals surface area (Å²) in [5.41, 5.74) is 3.53. The van der Waals surface area contributed by atoms with Crippen molar-refractivity contribution in [2.75, 3.05) is 67.7 Å². The summed E-state index contributed by atoms with van der Waals surface area (Å²) in [6, 6.07) is 20.9. The summed E-state index contributed by atoms with van der Waals surface area (Å²) >= 11 is 0. The van der Waals surface area contributed by atoms with Crippen LogP contribution >= 0.6 is 0 Å². The number of hydrogen-bond donors (Lipinski definition) is 4. The molecule has 2 aromatic heterocycles. The molecule has 2 aliphatic carbocycles. The molecule has 4 aliphatic heterocycles. The zero-order valence-corrected chi connectivity index (χ0v) is 42.2. The van der Waals surface area contributed by atoms with Crippen LogP contribution in [0.2, 0.25) is 0 Å². The Labute approximate surface area is 420 Å². The van der Waals surface area contributed by atoms with Gasteiger partial charge >= 0.3 is 0 Å². The molecule has 11 rings (SSSR count). The van der Waals surface area contributed by atoms with Crippen LogP contribution in [0.1, 0.15) is 118 Å². The molecule has 5 aromatic rings. The number of nitro benzene ring substituents is 1. The van der Waals surface area contributed by atoms with Gasteiger partial charge in [0.15, 0.2) is 23.0 Å². The van der Waals surface area contributed by atoms with Gasteiger partial charge in [-0.05, 0) is 130 Å². The Balaban J connectivity index is 0.847. The van der Waals surface area contributed by atoms with Crippen molar-refractivity contribution in [3.63, 3.8) is 0 Å². The average molecular weight is 1000 g/mol. The van der Waals surface area contributed by atoms with E-state index in [4.69, 9.17) is 19.2 Å². The number of fused-ring (bicyclic) bond motifs is 2.